The van der Waals surface area contributed by atoms with Gasteiger partial charge in [-0.2, -0.15) is 10.5 Å². The Kier molecular flexibility index (Phi) is 3.49. The van der Waals surface area contributed by atoms with Crippen LogP contribution in [-0.4, -0.2) is 33.9 Å². The molecule has 0 spiro atoms. The van der Waals surface area contributed by atoms with E-state index in [1.807, 2.05) is 36.4 Å². The summed E-state index contributed by atoms with van der Waals surface area (Å²) in [5.41, 5.74) is 2.08. The fourth-order valence-electron chi connectivity index (χ4n) is 4.94. The highest BCUT2D eigenvalue weighted by molar-refractivity contribution is 5.92. The maximum absolute atomic E-state index is 13.6. The van der Waals surface area contributed by atoms with E-state index in [4.69, 9.17) is 20.5 Å². The van der Waals surface area contributed by atoms with Crippen molar-refractivity contribution in [2.45, 2.75) is 38.0 Å². The monoisotopic (exact) mass is 345 g/mol. The van der Waals surface area contributed by atoms with E-state index < -0.39 is 5.41 Å². The largest absolute Gasteiger partial charge is 0.315 e. The SMILES string of the molecule is CC1(C)C2CCC1(C(=O)N(CC#N)CC#N)c1nc3ccccc3nc12. The molecule has 1 aromatic carbocycles. The van der Waals surface area contributed by atoms with Gasteiger partial charge in [0, 0.05) is 5.92 Å². The van der Waals surface area contributed by atoms with Crippen molar-refractivity contribution in [1.29, 1.82) is 10.5 Å². The molecule has 2 aliphatic carbocycles. The van der Waals surface area contributed by atoms with Crippen LogP contribution in [0.3, 0.4) is 0 Å². The van der Waals surface area contributed by atoms with E-state index in [-0.39, 0.29) is 30.3 Å². The number of nitrogens with zero attached hydrogens (tertiary/aromatic N) is 5. The van der Waals surface area contributed by atoms with Crippen molar-refractivity contribution >= 4 is 16.9 Å². The van der Waals surface area contributed by atoms with Crippen molar-refractivity contribution in [2.24, 2.45) is 5.41 Å². The van der Waals surface area contributed by atoms with Crippen LogP contribution in [0.4, 0.5) is 0 Å². The summed E-state index contributed by atoms with van der Waals surface area (Å²) in [5.74, 6) is -0.0130. The minimum atomic E-state index is -0.822. The average Bonchev–Trinajstić information content (AvgIpc) is 3.01. The molecule has 4 rings (SSSR count). The zero-order valence-electron chi connectivity index (χ0n) is 14.9. The van der Waals surface area contributed by atoms with E-state index in [9.17, 15) is 4.79 Å². The molecule has 1 fully saturated rings. The Bertz CT molecular complexity index is 983. The zero-order valence-corrected chi connectivity index (χ0v) is 14.9. The molecule has 2 aliphatic rings. The maximum atomic E-state index is 13.6. The van der Waals surface area contributed by atoms with Gasteiger partial charge < -0.3 is 4.90 Å². The highest BCUT2D eigenvalue weighted by Crippen LogP contribution is 2.67. The third kappa shape index (κ3) is 1.87. The summed E-state index contributed by atoms with van der Waals surface area (Å²) in [6, 6.07) is 11.7. The van der Waals surface area contributed by atoms with Gasteiger partial charge in [-0.1, -0.05) is 26.0 Å². The van der Waals surface area contributed by atoms with Crippen LogP contribution in [0.25, 0.3) is 11.0 Å². The number of nitriles is 2. The van der Waals surface area contributed by atoms with E-state index in [2.05, 4.69) is 13.8 Å². The third-order valence-electron chi connectivity index (χ3n) is 6.29. The molecule has 130 valence electrons. The van der Waals surface area contributed by atoms with Gasteiger partial charge in [0.15, 0.2) is 0 Å². The van der Waals surface area contributed by atoms with Gasteiger partial charge in [0.1, 0.15) is 13.1 Å². The smallest absolute Gasteiger partial charge is 0.237 e. The first-order valence-electron chi connectivity index (χ1n) is 8.78. The normalized spacial score (nSPS) is 24.7. The number of amides is 1. The molecular weight excluding hydrogens is 326 g/mol. The molecule has 0 radical (unpaired) electrons. The number of hydrogen-bond donors (Lipinski definition) is 0. The Hall–Kier alpha value is -2.99. The van der Waals surface area contributed by atoms with E-state index in [0.717, 1.165) is 28.8 Å². The zero-order chi connectivity index (χ0) is 18.5. The summed E-state index contributed by atoms with van der Waals surface area (Å²) in [6.45, 7) is 4.00. The van der Waals surface area contributed by atoms with Crippen LogP contribution >= 0.6 is 0 Å². The van der Waals surface area contributed by atoms with E-state index in [1.165, 1.54) is 4.90 Å². The predicted octanol–water partition coefficient (Wildman–Crippen LogP) is 2.66. The molecule has 1 heterocycles. The molecule has 26 heavy (non-hydrogen) atoms. The van der Waals surface area contributed by atoms with Crippen molar-refractivity contribution < 1.29 is 4.79 Å². The van der Waals surface area contributed by atoms with Crippen LogP contribution in [0.2, 0.25) is 0 Å². The number of carbonyl (C=O) groups excluding carboxylic acids is 1. The summed E-state index contributed by atoms with van der Waals surface area (Å²) in [5, 5.41) is 18.2. The molecule has 2 unspecified atom stereocenters. The quantitative estimate of drug-likeness (QED) is 0.797. The number of benzene rings is 1. The first-order valence-corrected chi connectivity index (χ1v) is 8.78. The Morgan fingerprint density at radius 2 is 1.81 bits per heavy atom. The average molecular weight is 345 g/mol. The molecule has 0 N–H and O–H groups in total. The molecule has 0 aliphatic heterocycles. The fraction of sp³-hybridized carbons (Fsp3) is 0.450. The summed E-state index contributed by atoms with van der Waals surface area (Å²) < 4.78 is 0. The molecule has 6 nitrogen and oxygen atoms in total. The molecule has 1 aromatic heterocycles. The van der Waals surface area contributed by atoms with Crippen LogP contribution in [0.5, 0.6) is 0 Å². The number of fused-ring (bicyclic) bond motifs is 6. The van der Waals surface area contributed by atoms with E-state index in [1.54, 1.807) is 0 Å². The standard InChI is InChI=1S/C20H19N5O/c1-19(2)13-7-8-20(19,18(26)25(11-9-21)12-10-22)17-16(13)23-14-5-3-4-6-15(14)24-17/h3-6,13H,7-8,11-12H2,1-2H3. The van der Waals surface area contributed by atoms with Gasteiger partial charge in [-0.3, -0.25) is 4.79 Å². The van der Waals surface area contributed by atoms with Gasteiger partial charge in [0.2, 0.25) is 5.91 Å². The van der Waals surface area contributed by atoms with Gasteiger partial charge in [0.05, 0.1) is 40.0 Å². The fourth-order valence-corrected chi connectivity index (χ4v) is 4.94. The van der Waals surface area contributed by atoms with Crippen molar-refractivity contribution in [3.8, 4) is 12.1 Å². The van der Waals surface area contributed by atoms with Gasteiger partial charge in [0.25, 0.3) is 0 Å². The number of rotatable bonds is 3. The summed E-state index contributed by atoms with van der Waals surface area (Å²) in [4.78, 5) is 24.6. The lowest BCUT2D eigenvalue weighted by atomic mass is 9.67. The second-order valence-electron chi connectivity index (χ2n) is 7.64. The van der Waals surface area contributed by atoms with Crippen LogP contribution in [0.15, 0.2) is 24.3 Å². The van der Waals surface area contributed by atoms with Gasteiger partial charge in [-0.05, 0) is 30.4 Å². The number of aromatic nitrogens is 2. The maximum Gasteiger partial charge on any atom is 0.237 e. The number of hydrogen-bond acceptors (Lipinski definition) is 5. The topological polar surface area (TPSA) is 93.7 Å². The van der Waals surface area contributed by atoms with Crippen LogP contribution in [0.1, 0.15) is 44.0 Å². The molecular formula is C20H19N5O. The van der Waals surface area contributed by atoms with Crippen molar-refractivity contribution in [1.82, 2.24) is 14.9 Å². The highest BCUT2D eigenvalue weighted by atomic mass is 16.2. The number of carbonyl (C=O) groups is 1. The Morgan fingerprint density at radius 3 is 2.42 bits per heavy atom. The lowest BCUT2D eigenvalue weighted by Crippen LogP contribution is -2.51. The van der Waals surface area contributed by atoms with Crippen LogP contribution < -0.4 is 0 Å². The van der Waals surface area contributed by atoms with E-state index >= 15 is 0 Å². The van der Waals surface area contributed by atoms with Gasteiger partial charge in [-0.15, -0.1) is 0 Å². The Labute approximate surface area is 152 Å². The lowest BCUT2D eigenvalue weighted by Gasteiger charge is -2.39. The molecule has 2 atom stereocenters. The highest BCUT2D eigenvalue weighted by Gasteiger charge is 2.68. The summed E-state index contributed by atoms with van der Waals surface area (Å²) in [7, 11) is 0. The van der Waals surface area contributed by atoms with Crippen molar-refractivity contribution in [3.05, 3.63) is 35.7 Å². The minimum Gasteiger partial charge on any atom is -0.315 e. The van der Waals surface area contributed by atoms with E-state index in [0.29, 0.717) is 6.42 Å². The molecule has 6 heteroatoms. The summed E-state index contributed by atoms with van der Waals surface area (Å²) in [6.07, 6.45) is 1.54. The van der Waals surface area contributed by atoms with Crippen LogP contribution in [0, 0.1) is 28.1 Å². The molecule has 1 amide bonds. The second-order valence-corrected chi connectivity index (χ2v) is 7.64. The summed E-state index contributed by atoms with van der Waals surface area (Å²) >= 11 is 0. The predicted molar refractivity (Wildman–Crippen MR) is 94.8 cm³/mol. The molecule has 2 bridgehead atoms. The van der Waals surface area contributed by atoms with Gasteiger partial charge in [-0.25, -0.2) is 9.97 Å². The van der Waals surface area contributed by atoms with Crippen molar-refractivity contribution in [3.63, 3.8) is 0 Å². The second kappa shape index (κ2) is 5.51. The Balaban J connectivity index is 1.94. The molecule has 1 saturated carbocycles. The van der Waals surface area contributed by atoms with Crippen molar-refractivity contribution in [2.75, 3.05) is 13.1 Å². The number of para-hydroxylation sites is 2. The first kappa shape index (κ1) is 16.5. The van der Waals surface area contributed by atoms with Crippen LogP contribution in [-0.2, 0) is 10.2 Å². The van der Waals surface area contributed by atoms with Gasteiger partial charge >= 0.3 is 0 Å². The minimum absolute atomic E-state index is 0.0920. The lowest BCUT2D eigenvalue weighted by molar-refractivity contribution is -0.139. The third-order valence-corrected chi connectivity index (χ3v) is 6.29. The first-order chi connectivity index (χ1) is 12.5. The molecule has 0 saturated heterocycles. The molecule has 2 aromatic rings. The Morgan fingerprint density at radius 1 is 1.19 bits per heavy atom.